The van der Waals surface area contributed by atoms with Crippen molar-refractivity contribution in [3.05, 3.63) is 40.0 Å². The second-order valence-corrected chi connectivity index (χ2v) is 5.86. The highest BCUT2D eigenvalue weighted by atomic mass is 35.5. The van der Waals surface area contributed by atoms with E-state index in [0.717, 1.165) is 23.5 Å². The van der Waals surface area contributed by atoms with Crippen molar-refractivity contribution in [3.63, 3.8) is 0 Å². The van der Waals surface area contributed by atoms with Crippen LogP contribution in [0.2, 0.25) is 10.0 Å². The summed E-state index contributed by atoms with van der Waals surface area (Å²) in [4.78, 5) is 9.09. The number of benzene rings is 1. The predicted octanol–water partition coefficient (Wildman–Crippen LogP) is 4.69. The van der Waals surface area contributed by atoms with Crippen molar-refractivity contribution in [2.24, 2.45) is 5.92 Å². The average molecular weight is 310 g/mol. The van der Waals surface area contributed by atoms with E-state index >= 15 is 0 Å². The Morgan fingerprint density at radius 2 is 1.85 bits per heavy atom. The van der Waals surface area contributed by atoms with Gasteiger partial charge in [-0.25, -0.2) is 9.97 Å². The molecule has 0 amide bonds. The molecule has 0 spiro atoms. The summed E-state index contributed by atoms with van der Waals surface area (Å²) in [5.74, 6) is 2.00. The second-order valence-electron chi connectivity index (χ2n) is 5.04. The van der Waals surface area contributed by atoms with Gasteiger partial charge in [0, 0.05) is 24.4 Å². The predicted molar refractivity (Wildman–Crippen MR) is 85.6 cm³/mol. The first-order chi connectivity index (χ1) is 9.49. The molecule has 2 aromatic rings. The van der Waals surface area contributed by atoms with Crippen LogP contribution in [0.3, 0.4) is 0 Å². The molecule has 1 aromatic carbocycles. The Bertz CT molecular complexity index is 612. The van der Waals surface area contributed by atoms with Crippen molar-refractivity contribution in [1.82, 2.24) is 9.97 Å². The number of hydrogen-bond acceptors (Lipinski definition) is 3. The minimum absolute atomic E-state index is 0.507. The first-order valence-corrected chi connectivity index (χ1v) is 7.26. The maximum Gasteiger partial charge on any atom is 0.161 e. The van der Waals surface area contributed by atoms with Crippen molar-refractivity contribution >= 4 is 29.0 Å². The van der Waals surface area contributed by atoms with Crippen molar-refractivity contribution in [3.8, 4) is 11.4 Å². The molecule has 0 aliphatic rings. The first kappa shape index (κ1) is 15.1. The van der Waals surface area contributed by atoms with Crippen molar-refractivity contribution in [2.75, 3.05) is 12.4 Å². The van der Waals surface area contributed by atoms with Gasteiger partial charge in [0.2, 0.25) is 0 Å². The third-order valence-electron chi connectivity index (χ3n) is 2.83. The van der Waals surface area contributed by atoms with E-state index in [1.54, 1.807) is 12.1 Å². The standard InChI is InChI=1S/C15H17Cl2N3/c1-9(2)6-11-8-14(18-3)20-15(19-11)10-4-5-12(16)13(17)7-10/h4-5,7-9H,6H2,1-3H3,(H,18,19,20). The van der Waals surface area contributed by atoms with E-state index in [4.69, 9.17) is 23.2 Å². The van der Waals surface area contributed by atoms with Crippen LogP contribution in [0.15, 0.2) is 24.3 Å². The number of aromatic nitrogens is 2. The average Bonchev–Trinajstić information content (AvgIpc) is 2.40. The lowest BCUT2D eigenvalue weighted by Crippen LogP contribution is -2.03. The van der Waals surface area contributed by atoms with Gasteiger partial charge >= 0.3 is 0 Å². The fourth-order valence-corrected chi connectivity index (χ4v) is 2.21. The van der Waals surface area contributed by atoms with E-state index < -0.39 is 0 Å². The van der Waals surface area contributed by atoms with E-state index in [2.05, 4.69) is 29.1 Å². The number of rotatable bonds is 4. The lowest BCUT2D eigenvalue weighted by atomic mass is 10.1. The molecule has 0 radical (unpaired) electrons. The van der Waals surface area contributed by atoms with Gasteiger partial charge in [-0.1, -0.05) is 37.0 Å². The van der Waals surface area contributed by atoms with Gasteiger partial charge in [0.25, 0.3) is 0 Å². The Morgan fingerprint density at radius 3 is 2.45 bits per heavy atom. The zero-order chi connectivity index (χ0) is 14.7. The largest absolute Gasteiger partial charge is 0.373 e. The summed E-state index contributed by atoms with van der Waals surface area (Å²) in [5.41, 5.74) is 1.88. The van der Waals surface area contributed by atoms with Crippen LogP contribution >= 0.6 is 23.2 Å². The van der Waals surface area contributed by atoms with Gasteiger partial charge in [-0.05, 0) is 30.5 Å². The third-order valence-corrected chi connectivity index (χ3v) is 3.57. The van der Waals surface area contributed by atoms with Gasteiger partial charge in [-0.3, -0.25) is 0 Å². The quantitative estimate of drug-likeness (QED) is 0.890. The van der Waals surface area contributed by atoms with Gasteiger partial charge in [0.1, 0.15) is 5.82 Å². The summed E-state index contributed by atoms with van der Waals surface area (Å²) in [5, 5.41) is 4.10. The van der Waals surface area contributed by atoms with Gasteiger partial charge in [0.15, 0.2) is 5.82 Å². The Labute approximate surface area is 129 Å². The number of anilines is 1. The monoisotopic (exact) mass is 309 g/mol. The molecule has 0 unspecified atom stereocenters. The van der Waals surface area contributed by atoms with Crippen molar-refractivity contribution in [1.29, 1.82) is 0 Å². The highest BCUT2D eigenvalue weighted by Crippen LogP contribution is 2.27. The van der Waals surface area contributed by atoms with Crippen LogP contribution in [0.5, 0.6) is 0 Å². The summed E-state index contributed by atoms with van der Waals surface area (Å²) >= 11 is 12.0. The summed E-state index contributed by atoms with van der Waals surface area (Å²) in [7, 11) is 1.85. The molecule has 106 valence electrons. The molecule has 0 aliphatic carbocycles. The second kappa shape index (κ2) is 6.42. The molecule has 5 heteroatoms. The molecule has 1 N–H and O–H groups in total. The van der Waals surface area contributed by atoms with Crippen molar-refractivity contribution in [2.45, 2.75) is 20.3 Å². The molecule has 0 atom stereocenters. The van der Waals surface area contributed by atoms with Crippen LogP contribution in [0.4, 0.5) is 5.82 Å². The van der Waals surface area contributed by atoms with Crippen molar-refractivity contribution < 1.29 is 0 Å². The molecule has 1 aromatic heterocycles. The molecule has 3 nitrogen and oxygen atoms in total. The van der Waals surface area contributed by atoms with Crippen LogP contribution in [0, 0.1) is 5.92 Å². The molecule has 2 rings (SSSR count). The molecule has 0 fully saturated rings. The van der Waals surface area contributed by atoms with Crippen LogP contribution in [-0.2, 0) is 6.42 Å². The SMILES string of the molecule is CNc1cc(CC(C)C)nc(-c2ccc(Cl)c(Cl)c2)n1. The lowest BCUT2D eigenvalue weighted by molar-refractivity contribution is 0.635. The molecule has 20 heavy (non-hydrogen) atoms. The molecular formula is C15H17Cl2N3. The summed E-state index contributed by atoms with van der Waals surface area (Å²) in [6, 6.07) is 7.40. The highest BCUT2D eigenvalue weighted by Gasteiger charge is 2.09. The number of nitrogens with zero attached hydrogens (tertiary/aromatic N) is 2. The highest BCUT2D eigenvalue weighted by molar-refractivity contribution is 6.42. The fraction of sp³-hybridized carbons (Fsp3) is 0.333. The molecule has 0 saturated heterocycles. The minimum Gasteiger partial charge on any atom is -0.373 e. The normalized spacial score (nSPS) is 10.9. The first-order valence-electron chi connectivity index (χ1n) is 6.50. The van der Waals surface area contributed by atoms with E-state index in [0.29, 0.717) is 21.8 Å². The Kier molecular flexibility index (Phi) is 4.84. The third kappa shape index (κ3) is 3.62. The Balaban J connectivity index is 2.46. The maximum absolute atomic E-state index is 6.06. The minimum atomic E-state index is 0.507. The molecular weight excluding hydrogens is 293 g/mol. The molecule has 1 heterocycles. The Hall–Kier alpha value is -1.32. The molecule has 0 bridgehead atoms. The zero-order valence-electron chi connectivity index (χ0n) is 11.7. The van der Waals surface area contributed by atoms with Gasteiger partial charge in [0.05, 0.1) is 10.0 Å². The van der Waals surface area contributed by atoms with E-state index in [9.17, 15) is 0 Å². The Morgan fingerprint density at radius 1 is 1.10 bits per heavy atom. The van der Waals surface area contributed by atoms with E-state index in [-0.39, 0.29) is 0 Å². The molecule has 0 aliphatic heterocycles. The lowest BCUT2D eigenvalue weighted by Gasteiger charge is -2.10. The number of nitrogens with one attached hydrogen (secondary N) is 1. The number of halogens is 2. The fourth-order valence-electron chi connectivity index (χ4n) is 1.91. The topological polar surface area (TPSA) is 37.8 Å². The van der Waals surface area contributed by atoms with Crippen LogP contribution in [0.25, 0.3) is 11.4 Å². The van der Waals surface area contributed by atoms with Gasteiger partial charge in [-0.15, -0.1) is 0 Å². The smallest absolute Gasteiger partial charge is 0.161 e. The number of hydrogen-bond donors (Lipinski definition) is 1. The van der Waals surface area contributed by atoms with Crippen LogP contribution in [-0.4, -0.2) is 17.0 Å². The van der Waals surface area contributed by atoms with Crippen LogP contribution in [0.1, 0.15) is 19.5 Å². The van der Waals surface area contributed by atoms with Gasteiger partial charge < -0.3 is 5.32 Å². The molecule has 0 saturated carbocycles. The summed E-state index contributed by atoms with van der Waals surface area (Å²) in [6.45, 7) is 4.33. The maximum atomic E-state index is 6.06. The van der Waals surface area contributed by atoms with Crippen LogP contribution < -0.4 is 5.32 Å². The van der Waals surface area contributed by atoms with Gasteiger partial charge in [-0.2, -0.15) is 0 Å². The summed E-state index contributed by atoms with van der Waals surface area (Å²) < 4.78 is 0. The zero-order valence-corrected chi connectivity index (χ0v) is 13.3. The van der Waals surface area contributed by atoms with E-state index in [1.165, 1.54) is 0 Å². The summed E-state index contributed by atoms with van der Waals surface area (Å²) in [6.07, 6.45) is 0.908. The van der Waals surface area contributed by atoms with E-state index in [1.807, 2.05) is 19.2 Å².